The first-order valence-corrected chi connectivity index (χ1v) is 4.99. The monoisotopic (exact) mass is 193 g/mol. The van der Waals surface area contributed by atoms with Crippen LogP contribution in [0.15, 0.2) is 0 Å². The molecule has 4 heteroatoms. The van der Waals surface area contributed by atoms with Crippen molar-refractivity contribution >= 4 is 5.82 Å². The van der Waals surface area contributed by atoms with E-state index in [4.69, 9.17) is 4.74 Å². The van der Waals surface area contributed by atoms with Gasteiger partial charge in [-0.2, -0.15) is 0 Å². The molecule has 0 amide bonds. The second-order valence-electron chi connectivity index (χ2n) is 3.32. The normalized spacial score (nSPS) is 15.0. The lowest BCUT2D eigenvalue weighted by molar-refractivity contribution is 0.109. The third kappa shape index (κ3) is 1.57. The van der Waals surface area contributed by atoms with Crippen molar-refractivity contribution in [1.29, 1.82) is 0 Å². The van der Waals surface area contributed by atoms with Crippen LogP contribution in [0.2, 0.25) is 0 Å². The zero-order valence-corrected chi connectivity index (χ0v) is 8.63. The zero-order valence-electron chi connectivity index (χ0n) is 8.63. The van der Waals surface area contributed by atoms with E-state index in [1.54, 1.807) is 0 Å². The Kier molecular flexibility index (Phi) is 2.63. The second kappa shape index (κ2) is 3.92. The number of rotatable bonds is 2. The Morgan fingerprint density at radius 2 is 2.29 bits per heavy atom. The molecule has 0 aromatic carbocycles. The highest BCUT2D eigenvalue weighted by Crippen LogP contribution is 2.21. The highest BCUT2D eigenvalue weighted by molar-refractivity contribution is 5.46. The quantitative estimate of drug-likeness (QED) is 0.765. The first-order valence-electron chi connectivity index (χ1n) is 4.99. The van der Waals surface area contributed by atoms with Gasteiger partial charge in [0.1, 0.15) is 11.6 Å². The molecule has 0 bridgehead atoms. The molecule has 0 fully saturated rings. The van der Waals surface area contributed by atoms with E-state index < -0.39 is 0 Å². The number of ether oxygens (including phenoxy) is 1. The van der Waals surface area contributed by atoms with Gasteiger partial charge in [-0.3, -0.25) is 0 Å². The van der Waals surface area contributed by atoms with Gasteiger partial charge in [-0.25, -0.2) is 9.97 Å². The van der Waals surface area contributed by atoms with Crippen LogP contribution < -0.4 is 5.32 Å². The fourth-order valence-electron chi connectivity index (χ4n) is 1.65. The van der Waals surface area contributed by atoms with Crippen LogP contribution in [0.4, 0.5) is 5.82 Å². The van der Waals surface area contributed by atoms with Gasteiger partial charge in [-0.05, 0) is 0 Å². The molecule has 1 aliphatic heterocycles. The summed E-state index contributed by atoms with van der Waals surface area (Å²) >= 11 is 0. The maximum Gasteiger partial charge on any atom is 0.135 e. The average molecular weight is 193 g/mol. The first-order chi connectivity index (χ1) is 6.85. The summed E-state index contributed by atoms with van der Waals surface area (Å²) in [6.45, 7) is 3.48. The van der Waals surface area contributed by atoms with Crippen molar-refractivity contribution < 1.29 is 4.74 Å². The Morgan fingerprint density at radius 1 is 1.43 bits per heavy atom. The summed E-state index contributed by atoms with van der Waals surface area (Å²) in [6, 6.07) is 0. The molecular weight excluding hydrogens is 178 g/mol. The minimum Gasteiger partial charge on any atom is -0.376 e. The van der Waals surface area contributed by atoms with E-state index in [0.29, 0.717) is 6.61 Å². The number of fused-ring (bicyclic) bond motifs is 1. The Labute approximate surface area is 83.7 Å². The second-order valence-corrected chi connectivity index (χ2v) is 3.32. The van der Waals surface area contributed by atoms with Gasteiger partial charge in [-0.15, -0.1) is 0 Å². The van der Waals surface area contributed by atoms with Crippen molar-refractivity contribution in [3.8, 4) is 0 Å². The third-order valence-corrected chi connectivity index (χ3v) is 2.42. The van der Waals surface area contributed by atoms with E-state index in [1.807, 2.05) is 7.05 Å². The minimum absolute atomic E-state index is 0.634. The van der Waals surface area contributed by atoms with Gasteiger partial charge >= 0.3 is 0 Å². The largest absolute Gasteiger partial charge is 0.376 e. The lowest BCUT2D eigenvalue weighted by Gasteiger charge is -2.18. The number of aryl methyl sites for hydroxylation is 1. The fraction of sp³-hybridized carbons (Fsp3) is 0.600. The topological polar surface area (TPSA) is 47.0 Å². The zero-order chi connectivity index (χ0) is 9.97. The van der Waals surface area contributed by atoms with E-state index in [1.165, 1.54) is 0 Å². The molecule has 2 heterocycles. The summed E-state index contributed by atoms with van der Waals surface area (Å²) in [7, 11) is 1.89. The van der Waals surface area contributed by atoms with Crippen LogP contribution in [-0.4, -0.2) is 23.6 Å². The number of aromatic nitrogens is 2. The summed E-state index contributed by atoms with van der Waals surface area (Å²) in [6.07, 6.45) is 1.78. The van der Waals surface area contributed by atoms with Gasteiger partial charge in [0.15, 0.2) is 0 Å². The average Bonchev–Trinajstić information content (AvgIpc) is 2.27. The SMILES string of the molecule is CCc1nc2c(c(NC)n1)COCC2. The van der Waals surface area contributed by atoms with Crippen LogP contribution in [0, 0.1) is 0 Å². The Hall–Kier alpha value is -1.16. The molecule has 0 atom stereocenters. The Bertz CT molecular complexity index is 321. The van der Waals surface area contributed by atoms with Gasteiger partial charge in [0, 0.05) is 25.5 Å². The Balaban J connectivity index is 2.47. The molecule has 14 heavy (non-hydrogen) atoms. The van der Waals surface area contributed by atoms with Crippen molar-refractivity contribution in [2.24, 2.45) is 0 Å². The highest BCUT2D eigenvalue weighted by Gasteiger charge is 2.16. The molecule has 0 aliphatic carbocycles. The van der Waals surface area contributed by atoms with Crippen LogP contribution >= 0.6 is 0 Å². The smallest absolute Gasteiger partial charge is 0.135 e. The number of nitrogens with zero attached hydrogens (tertiary/aromatic N) is 2. The van der Waals surface area contributed by atoms with Crippen molar-refractivity contribution in [3.63, 3.8) is 0 Å². The van der Waals surface area contributed by atoms with Gasteiger partial charge in [0.2, 0.25) is 0 Å². The molecule has 76 valence electrons. The molecule has 1 N–H and O–H groups in total. The van der Waals surface area contributed by atoms with E-state index >= 15 is 0 Å². The molecule has 1 aliphatic rings. The summed E-state index contributed by atoms with van der Waals surface area (Å²) < 4.78 is 5.39. The lowest BCUT2D eigenvalue weighted by Crippen LogP contribution is -2.16. The summed E-state index contributed by atoms with van der Waals surface area (Å²) in [4.78, 5) is 8.93. The van der Waals surface area contributed by atoms with E-state index in [9.17, 15) is 0 Å². The maximum absolute atomic E-state index is 5.39. The standard InChI is InChI=1S/C10H15N3O/c1-3-9-12-8-4-5-14-6-7(8)10(11-2)13-9/h3-6H2,1-2H3,(H,11,12,13). The van der Waals surface area contributed by atoms with Crippen LogP contribution in [0.5, 0.6) is 0 Å². The molecule has 4 nitrogen and oxygen atoms in total. The van der Waals surface area contributed by atoms with Gasteiger partial charge < -0.3 is 10.1 Å². The molecule has 0 spiro atoms. The molecule has 0 saturated carbocycles. The van der Waals surface area contributed by atoms with Gasteiger partial charge in [0.25, 0.3) is 0 Å². The molecule has 1 aromatic heterocycles. The number of anilines is 1. The highest BCUT2D eigenvalue weighted by atomic mass is 16.5. The number of hydrogen-bond acceptors (Lipinski definition) is 4. The van der Waals surface area contributed by atoms with Crippen LogP contribution in [0.3, 0.4) is 0 Å². The predicted molar refractivity (Wildman–Crippen MR) is 54.3 cm³/mol. The molecular formula is C10H15N3O. The van der Waals surface area contributed by atoms with Crippen molar-refractivity contribution in [2.45, 2.75) is 26.4 Å². The van der Waals surface area contributed by atoms with Crippen molar-refractivity contribution in [1.82, 2.24) is 9.97 Å². The van der Waals surface area contributed by atoms with E-state index in [-0.39, 0.29) is 0 Å². The summed E-state index contributed by atoms with van der Waals surface area (Å²) in [5.74, 6) is 1.83. The van der Waals surface area contributed by atoms with Crippen molar-refractivity contribution in [2.75, 3.05) is 19.0 Å². The summed E-state index contributed by atoms with van der Waals surface area (Å²) in [5, 5.41) is 3.10. The third-order valence-electron chi connectivity index (χ3n) is 2.42. The van der Waals surface area contributed by atoms with E-state index in [2.05, 4.69) is 22.2 Å². The fourth-order valence-corrected chi connectivity index (χ4v) is 1.65. The predicted octanol–water partition coefficient (Wildman–Crippen LogP) is 1.15. The van der Waals surface area contributed by atoms with Gasteiger partial charge in [0.05, 0.1) is 18.9 Å². The van der Waals surface area contributed by atoms with E-state index in [0.717, 1.165) is 42.3 Å². The van der Waals surface area contributed by atoms with Gasteiger partial charge in [-0.1, -0.05) is 6.92 Å². The molecule has 0 saturated heterocycles. The molecule has 0 radical (unpaired) electrons. The first kappa shape index (κ1) is 9.40. The van der Waals surface area contributed by atoms with Crippen molar-refractivity contribution in [3.05, 3.63) is 17.1 Å². The van der Waals surface area contributed by atoms with Crippen LogP contribution in [0.1, 0.15) is 24.0 Å². The maximum atomic E-state index is 5.39. The lowest BCUT2D eigenvalue weighted by atomic mass is 10.1. The molecule has 0 unspecified atom stereocenters. The van der Waals surface area contributed by atoms with Crippen LogP contribution in [0.25, 0.3) is 0 Å². The molecule has 1 aromatic rings. The number of nitrogens with one attached hydrogen (secondary N) is 1. The minimum atomic E-state index is 0.634. The van der Waals surface area contributed by atoms with Crippen LogP contribution in [-0.2, 0) is 24.2 Å². The Morgan fingerprint density at radius 3 is 3.00 bits per heavy atom. The molecule has 2 rings (SSSR count). The summed E-state index contributed by atoms with van der Waals surface area (Å²) in [5.41, 5.74) is 2.27. The number of hydrogen-bond donors (Lipinski definition) is 1.